The summed E-state index contributed by atoms with van der Waals surface area (Å²) in [4.78, 5) is 61.4. The number of benzene rings is 3. The lowest BCUT2D eigenvalue weighted by molar-refractivity contribution is 0.100. The highest BCUT2D eigenvalue weighted by atomic mass is 32.1. The van der Waals surface area contributed by atoms with Crippen LogP contribution in [-0.2, 0) is 6.42 Å². The van der Waals surface area contributed by atoms with Gasteiger partial charge in [-0.1, -0.05) is 61.5 Å². The van der Waals surface area contributed by atoms with Crippen LogP contribution in [0, 0.1) is 62.3 Å². The fourth-order valence-electron chi connectivity index (χ4n) is 12.4. The number of aromatic nitrogens is 6. The Morgan fingerprint density at radius 1 is 0.425 bits per heavy atom. The molecule has 12 rings (SSSR count). The Kier molecular flexibility index (Phi) is 15.8. The average Bonchev–Trinajstić information content (AvgIpc) is 4.52. The fourth-order valence-corrected chi connectivity index (χ4v) is 16.0. The van der Waals surface area contributed by atoms with Gasteiger partial charge in [0.05, 0.1) is 17.8 Å². The van der Waals surface area contributed by atoms with Gasteiger partial charge in [0.25, 0.3) is 0 Å². The summed E-state index contributed by atoms with van der Waals surface area (Å²) in [5.41, 5.74) is 20.3. The van der Waals surface area contributed by atoms with Crippen molar-refractivity contribution in [3.63, 3.8) is 0 Å². The molecule has 3 atom stereocenters. The van der Waals surface area contributed by atoms with Gasteiger partial charge in [-0.05, 0) is 194 Å². The summed E-state index contributed by atoms with van der Waals surface area (Å²) in [6.07, 6.45) is 2.96. The molecule has 420 valence electrons. The van der Waals surface area contributed by atoms with Crippen LogP contribution in [0.4, 0.5) is 0 Å². The molecular formula is C68H82N6O3S3. The van der Waals surface area contributed by atoms with Crippen molar-refractivity contribution in [3.8, 4) is 0 Å². The molecule has 6 N–H and O–H groups in total. The second kappa shape index (κ2) is 22.8. The van der Waals surface area contributed by atoms with Crippen molar-refractivity contribution in [2.75, 3.05) is 0 Å². The molecule has 0 radical (unpaired) electrons. The predicted molar refractivity (Wildman–Crippen MR) is 348 cm³/mol. The Labute approximate surface area is 489 Å². The largest absolute Gasteiger partial charge is 0.364 e. The topological polar surface area (TPSA) is 146 Å². The number of carbonyl (C=O) groups is 3. The highest BCUT2D eigenvalue weighted by Gasteiger charge is 2.31. The van der Waals surface area contributed by atoms with E-state index in [2.05, 4.69) is 174 Å². The molecule has 9 heterocycles. The van der Waals surface area contributed by atoms with Crippen molar-refractivity contribution in [3.05, 3.63) is 243 Å². The summed E-state index contributed by atoms with van der Waals surface area (Å²) in [6.45, 7) is 25.7. The van der Waals surface area contributed by atoms with Crippen molar-refractivity contribution >= 4 is 81.6 Å². The third-order valence-electron chi connectivity index (χ3n) is 15.9. The van der Waals surface area contributed by atoms with Gasteiger partial charge < -0.3 is 29.9 Å². The SMILES string of the molecule is CC(=O)c1c(C)[nH]c(C(c2ccc(C)[nH]2)c2cc3ccccc3s2)c1C.CC(=O)c1c(C)[nH]c(C(c2ccc[nH]2)c2cc3ccccc3s2)c1C.CCc1c(C)[nH]c(C(c2cc3ccccc3s2)c2[nH]c(C)c(C(C)=O)c2C)c1C.[HH].[HH].[HH].[HH].[HH].[HH]. The number of hydrogen-bond acceptors (Lipinski definition) is 6. The maximum Gasteiger partial charge on any atom is 0.161 e. The van der Waals surface area contributed by atoms with E-state index < -0.39 is 0 Å². The summed E-state index contributed by atoms with van der Waals surface area (Å²) in [7, 11) is 0. The Bertz CT molecular complexity index is 4180. The molecular weight excluding hydrogens is 1040 g/mol. The van der Waals surface area contributed by atoms with Gasteiger partial charge in [-0.25, -0.2) is 0 Å². The highest BCUT2D eigenvalue weighted by Crippen LogP contribution is 2.44. The summed E-state index contributed by atoms with van der Waals surface area (Å²) in [5, 5.41) is 3.78. The quantitative estimate of drug-likeness (QED) is 0.0639. The van der Waals surface area contributed by atoms with Gasteiger partial charge in [-0.2, -0.15) is 0 Å². The molecule has 0 aliphatic rings. The van der Waals surface area contributed by atoms with Gasteiger partial charge in [0.15, 0.2) is 17.3 Å². The maximum absolute atomic E-state index is 12.3. The van der Waals surface area contributed by atoms with Crippen LogP contribution in [0.2, 0.25) is 0 Å². The van der Waals surface area contributed by atoms with E-state index in [0.717, 1.165) is 91.0 Å². The molecule has 3 unspecified atom stereocenters. The number of H-pyrrole nitrogens is 6. The monoisotopic (exact) mass is 1130 g/mol. The molecule has 0 fully saturated rings. The molecule has 0 aliphatic carbocycles. The van der Waals surface area contributed by atoms with Crippen LogP contribution < -0.4 is 0 Å². The summed E-state index contributed by atoms with van der Waals surface area (Å²) in [5.74, 6) is 0.524. The lowest BCUT2D eigenvalue weighted by Gasteiger charge is -2.17. The van der Waals surface area contributed by atoms with Crippen molar-refractivity contribution in [1.82, 2.24) is 29.9 Å². The van der Waals surface area contributed by atoms with Gasteiger partial charge in [-0.3, -0.25) is 14.4 Å². The first-order valence-electron chi connectivity index (χ1n) is 27.4. The van der Waals surface area contributed by atoms with Crippen molar-refractivity contribution < 1.29 is 22.9 Å². The van der Waals surface area contributed by atoms with Gasteiger partial charge >= 0.3 is 0 Å². The Balaban J connectivity index is 0.000000268. The van der Waals surface area contributed by atoms with Crippen LogP contribution in [0.1, 0.15) is 190 Å². The van der Waals surface area contributed by atoms with Crippen LogP contribution in [-0.4, -0.2) is 47.3 Å². The van der Waals surface area contributed by atoms with Crippen LogP contribution in [0.15, 0.2) is 121 Å². The van der Waals surface area contributed by atoms with E-state index in [1.54, 1.807) is 32.1 Å². The minimum Gasteiger partial charge on any atom is -0.364 e. The highest BCUT2D eigenvalue weighted by molar-refractivity contribution is 7.19. The number of aromatic amines is 6. The van der Waals surface area contributed by atoms with E-state index >= 15 is 0 Å². The number of nitrogens with one attached hydrogen (secondary N) is 6. The Morgan fingerprint density at radius 3 is 1.14 bits per heavy atom. The fraction of sp³-hybridized carbons (Fsp3) is 0.250. The number of ketones is 3. The molecule has 3 aromatic carbocycles. The number of hydrogen-bond donors (Lipinski definition) is 6. The van der Waals surface area contributed by atoms with Crippen molar-refractivity contribution in [2.24, 2.45) is 0 Å². The first-order chi connectivity index (χ1) is 38.3. The van der Waals surface area contributed by atoms with Crippen LogP contribution >= 0.6 is 34.0 Å². The number of thiophene rings is 3. The molecule has 0 saturated carbocycles. The van der Waals surface area contributed by atoms with E-state index in [4.69, 9.17) is 0 Å². The van der Waals surface area contributed by atoms with Gasteiger partial charge in [-0.15, -0.1) is 34.0 Å². The minimum atomic E-state index is 0. The smallest absolute Gasteiger partial charge is 0.161 e. The molecule has 0 spiro atoms. The molecule has 12 heteroatoms. The standard InChI is InChI=1S/C25H28N2OS.C22H22N2OS.C21H20N2OS.6H2/c1-7-19-13(2)24(26-15(19)4)23(21-12-18-10-8-9-11-20(18)29-21)25-14(3)22(17(6)28)16(5)27-25;1-12-9-10-17(23-12)21(19-11-16-7-5-6-8-18(16)26-19)22-13(2)20(15(4)25)14(3)24-22;1-12-19(14(3)24)13(2)23-21(12)20(16-8-6-10-22-16)18-11-15-7-4-5-9-17(15)25-18;;;;;;/h8-12,23,26-27H,7H2,1-6H3;5-11,21,23-24H,1-4H3;4-11,20,22-23H,1-3H3;6*1H. The number of carbonyl (C=O) groups excluding carboxylic acids is 3. The van der Waals surface area contributed by atoms with E-state index in [1.165, 1.54) is 67.4 Å². The number of rotatable bonds is 13. The van der Waals surface area contributed by atoms with Crippen LogP contribution in [0.3, 0.4) is 0 Å². The first-order valence-corrected chi connectivity index (χ1v) is 29.8. The maximum atomic E-state index is 12.3. The molecule has 0 bridgehead atoms. The zero-order valence-corrected chi connectivity index (χ0v) is 50.4. The lowest BCUT2D eigenvalue weighted by Crippen LogP contribution is -2.07. The van der Waals surface area contributed by atoms with Crippen molar-refractivity contribution in [2.45, 2.75) is 114 Å². The normalized spacial score (nSPS) is 12.6. The van der Waals surface area contributed by atoms with E-state index in [-0.39, 0.29) is 43.7 Å². The number of aryl methyl sites for hydroxylation is 5. The van der Waals surface area contributed by atoms with E-state index in [1.807, 2.05) is 69.6 Å². The van der Waals surface area contributed by atoms with Crippen LogP contribution in [0.25, 0.3) is 30.3 Å². The van der Waals surface area contributed by atoms with E-state index in [0.29, 0.717) is 0 Å². The third kappa shape index (κ3) is 10.5. The first kappa shape index (κ1) is 55.5. The second-order valence-electron chi connectivity index (χ2n) is 21.4. The molecule has 9 nitrogen and oxygen atoms in total. The zero-order valence-electron chi connectivity index (χ0n) is 47.9. The van der Waals surface area contributed by atoms with Gasteiger partial charge in [0.1, 0.15) is 0 Å². The zero-order chi connectivity index (χ0) is 56.8. The number of fused-ring (bicyclic) bond motifs is 3. The summed E-state index contributed by atoms with van der Waals surface area (Å²) >= 11 is 5.45. The second-order valence-corrected chi connectivity index (χ2v) is 24.7. The van der Waals surface area contributed by atoms with Gasteiger partial charge in [0, 0.05) is 123 Å². The molecule has 0 saturated heterocycles. The van der Waals surface area contributed by atoms with Crippen molar-refractivity contribution in [1.29, 1.82) is 0 Å². The third-order valence-corrected chi connectivity index (χ3v) is 19.5. The average molecular weight is 1130 g/mol. The Hall–Kier alpha value is -7.77. The van der Waals surface area contributed by atoms with E-state index in [9.17, 15) is 14.4 Å². The molecule has 0 aliphatic heterocycles. The number of Topliss-reactive ketones (excluding diaryl/α,β-unsaturated/α-hetero) is 3. The summed E-state index contributed by atoms with van der Waals surface area (Å²) < 4.78 is 3.85. The minimum absolute atomic E-state index is 0. The lowest BCUT2D eigenvalue weighted by atomic mass is 9.91. The molecule has 0 amide bonds. The van der Waals surface area contributed by atoms with Gasteiger partial charge in [0.2, 0.25) is 0 Å². The molecule has 80 heavy (non-hydrogen) atoms. The molecule has 9 aromatic heterocycles. The Morgan fingerprint density at radius 2 is 0.800 bits per heavy atom. The van der Waals surface area contributed by atoms with Crippen LogP contribution in [0.5, 0.6) is 0 Å². The summed E-state index contributed by atoms with van der Waals surface area (Å²) in [6, 6.07) is 40.6. The predicted octanol–water partition coefficient (Wildman–Crippen LogP) is 19.6. The molecule has 12 aromatic rings.